The zero-order valence-corrected chi connectivity index (χ0v) is 23.3. The van der Waals surface area contributed by atoms with Crippen LogP contribution in [0, 0.1) is 5.82 Å². The van der Waals surface area contributed by atoms with Crippen LogP contribution in [0.15, 0.2) is 58.5 Å². The molecule has 0 saturated heterocycles. The number of fused-ring (bicyclic) bond motifs is 1. The maximum Gasteiger partial charge on any atom is 0.302 e. The lowest BCUT2D eigenvalue weighted by molar-refractivity contribution is -0.142. The molecular formula is C28H27BrFN5O3. The van der Waals surface area contributed by atoms with Crippen molar-refractivity contribution in [2.75, 3.05) is 12.1 Å². The smallest absolute Gasteiger partial charge is 0.302 e. The number of anilines is 1. The summed E-state index contributed by atoms with van der Waals surface area (Å²) in [6.07, 6.45) is 5.26. The Labute approximate surface area is 228 Å². The van der Waals surface area contributed by atoms with Crippen molar-refractivity contribution >= 4 is 45.7 Å². The minimum absolute atomic E-state index is 0.00143. The van der Waals surface area contributed by atoms with Crippen LogP contribution in [-0.4, -0.2) is 40.1 Å². The molecular weight excluding hydrogens is 553 g/mol. The van der Waals surface area contributed by atoms with Crippen LogP contribution in [0.1, 0.15) is 54.7 Å². The maximum absolute atomic E-state index is 14.7. The van der Waals surface area contributed by atoms with E-state index in [4.69, 9.17) is 4.74 Å². The fourth-order valence-corrected chi connectivity index (χ4v) is 4.55. The van der Waals surface area contributed by atoms with Crippen molar-refractivity contribution in [3.8, 4) is 11.1 Å². The van der Waals surface area contributed by atoms with Crippen LogP contribution >= 0.6 is 15.9 Å². The predicted octanol–water partition coefficient (Wildman–Crippen LogP) is 5.94. The van der Waals surface area contributed by atoms with E-state index in [0.29, 0.717) is 28.7 Å². The quantitative estimate of drug-likeness (QED) is 0.116. The van der Waals surface area contributed by atoms with Gasteiger partial charge in [-0.2, -0.15) is 10.2 Å². The van der Waals surface area contributed by atoms with Crippen molar-refractivity contribution in [1.82, 2.24) is 14.6 Å². The number of aldehydes is 1. The molecule has 10 heteroatoms. The number of pyridine rings is 1. The molecule has 2 aromatic carbocycles. The summed E-state index contributed by atoms with van der Waals surface area (Å²) in [6.45, 7) is 7.26. The molecule has 4 rings (SSSR count). The van der Waals surface area contributed by atoms with Crippen LogP contribution in [0.5, 0.6) is 0 Å². The van der Waals surface area contributed by atoms with E-state index < -0.39 is 11.8 Å². The van der Waals surface area contributed by atoms with Gasteiger partial charge in [-0.15, -0.1) is 0 Å². The summed E-state index contributed by atoms with van der Waals surface area (Å²) in [4.78, 5) is 27.6. The molecule has 0 bridgehead atoms. The first-order chi connectivity index (χ1) is 18.0. The summed E-state index contributed by atoms with van der Waals surface area (Å²) in [7, 11) is 1.73. The Morgan fingerprint density at radius 3 is 2.71 bits per heavy atom. The third-order valence-corrected chi connectivity index (χ3v) is 6.66. The molecule has 4 aromatic rings. The third kappa shape index (κ3) is 5.65. The second-order valence-corrected chi connectivity index (χ2v) is 10.6. The number of nitrogens with zero attached hydrogens (tertiary/aromatic N) is 5. The van der Waals surface area contributed by atoms with Gasteiger partial charge in [0.1, 0.15) is 18.8 Å². The Hall–Kier alpha value is -3.92. The summed E-state index contributed by atoms with van der Waals surface area (Å²) >= 11 is 3.55. The van der Waals surface area contributed by atoms with Crippen molar-refractivity contribution in [3.05, 3.63) is 81.5 Å². The van der Waals surface area contributed by atoms with Gasteiger partial charge in [0.2, 0.25) is 0 Å². The number of hydrogen-bond acceptors (Lipinski definition) is 7. The van der Waals surface area contributed by atoms with Gasteiger partial charge in [-0.3, -0.25) is 14.6 Å². The number of hydrogen-bond donors (Lipinski definition) is 0. The number of hydrazone groups is 1. The molecule has 196 valence electrons. The van der Waals surface area contributed by atoms with E-state index in [2.05, 4.69) is 31.1 Å². The molecule has 0 saturated carbocycles. The van der Waals surface area contributed by atoms with Crippen LogP contribution < -0.4 is 5.01 Å². The van der Waals surface area contributed by atoms with Gasteiger partial charge in [0.15, 0.2) is 11.9 Å². The zero-order chi connectivity index (χ0) is 27.6. The van der Waals surface area contributed by atoms with E-state index in [9.17, 15) is 14.0 Å². The third-order valence-electron chi connectivity index (χ3n) is 6.08. The molecule has 0 unspecified atom stereocenters. The molecule has 0 aliphatic carbocycles. The Kier molecular flexibility index (Phi) is 7.73. The molecule has 0 atom stereocenters. The Morgan fingerprint density at radius 2 is 2.03 bits per heavy atom. The van der Waals surface area contributed by atoms with Crippen LogP contribution in [0.2, 0.25) is 0 Å². The number of rotatable bonds is 7. The van der Waals surface area contributed by atoms with Crippen LogP contribution in [0.3, 0.4) is 0 Å². The average molecular weight is 580 g/mol. The lowest BCUT2D eigenvalue weighted by Gasteiger charge is -2.22. The molecule has 0 aliphatic rings. The van der Waals surface area contributed by atoms with Gasteiger partial charge in [0, 0.05) is 36.9 Å². The summed E-state index contributed by atoms with van der Waals surface area (Å²) in [5.41, 5.74) is 4.40. The van der Waals surface area contributed by atoms with E-state index in [0.717, 1.165) is 21.2 Å². The standard InChI is InChI=1S/C28H27BrFN5O3/c1-17(37)38-15-23-21(19-10-24(29)27-31-16-33-35(27)13-19)7-6-8-26(23)34(5)32-12-18-9-20(28(2,3)4)11-25(30)22(18)14-36/h6-14,16H,15H2,1-5H3/b32-12-. The highest BCUT2D eigenvalue weighted by Crippen LogP contribution is 2.34. The van der Waals surface area contributed by atoms with Gasteiger partial charge < -0.3 is 4.74 Å². The minimum Gasteiger partial charge on any atom is -0.461 e. The molecule has 0 aliphatic heterocycles. The molecule has 38 heavy (non-hydrogen) atoms. The first-order valence-electron chi connectivity index (χ1n) is 11.8. The van der Waals surface area contributed by atoms with Gasteiger partial charge in [-0.1, -0.05) is 32.9 Å². The van der Waals surface area contributed by atoms with Crippen LogP contribution in [0.25, 0.3) is 16.8 Å². The molecule has 2 aromatic heterocycles. The second-order valence-electron chi connectivity index (χ2n) is 9.79. The summed E-state index contributed by atoms with van der Waals surface area (Å²) < 4.78 is 22.5. The van der Waals surface area contributed by atoms with Crippen molar-refractivity contribution in [2.45, 2.75) is 39.7 Å². The number of benzene rings is 2. The second kappa shape index (κ2) is 10.8. The van der Waals surface area contributed by atoms with Gasteiger partial charge in [-0.25, -0.2) is 13.9 Å². The van der Waals surface area contributed by atoms with E-state index >= 15 is 0 Å². The number of carbonyl (C=O) groups is 2. The lowest BCUT2D eigenvalue weighted by atomic mass is 9.85. The summed E-state index contributed by atoms with van der Waals surface area (Å²) in [5.74, 6) is -1.02. The Balaban J connectivity index is 1.79. The average Bonchev–Trinajstić information content (AvgIpc) is 3.34. The molecule has 8 nitrogen and oxygen atoms in total. The topological polar surface area (TPSA) is 89.2 Å². The molecule has 0 fully saturated rings. The van der Waals surface area contributed by atoms with Crippen molar-refractivity contribution in [1.29, 1.82) is 0 Å². The van der Waals surface area contributed by atoms with E-state index in [1.165, 1.54) is 25.5 Å². The van der Waals surface area contributed by atoms with Gasteiger partial charge in [0.05, 0.1) is 21.9 Å². The molecule has 0 N–H and O–H groups in total. The van der Waals surface area contributed by atoms with E-state index in [1.807, 2.05) is 51.2 Å². The number of carbonyl (C=O) groups excluding carboxylic acids is 2. The number of esters is 1. The number of aromatic nitrogens is 3. The van der Waals surface area contributed by atoms with Crippen molar-refractivity contribution in [3.63, 3.8) is 0 Å². The van der Waals surface area contributed by atoms with Gasteiger partial charge in [-0.05, 0) is 56.7 Å². The lowest BCUT2D eigenvalue weighted by Crippen LogP contribution is -2.15. The summed E-state index contributed by atoms with van der Waals surface area (Å²) in [5, 5.41) is 10.4. The number of ether oxygens (including phenoxy) is 1. The van der Waals surface area contributed by atoms with E-state index in [-0.39, 0.29) is 17.6 Å². The number of halogens is 2. The maximum atomic E-state index is 14.7. The normalized spacial score (nSPS) is 11.8. The molecule has 2 heterocycles. The van der Waals surface area contributed by atoms with Gasteiger partial charge in [0.25, 0.3) is 0 Å². The van der Waals surface area contributed by atoms with Crippen molar-refractivity contribution < 1.29 is 18.7 Å². The first kappa shape index (κ1) is 27.1. The predicted molar refractivity (Wildman–Crippen MR) is 148 cm³/mol. The highest BCUT2D eigenvalue weighted by atomic mass is 79.9. The molecule has 0 radical (unpaired) electrons. The Bertz CT molecular complexity index is 1560. The monoisotopic (exact) mass is 579 g/mol. The van der Waals surface area contributed by atoms with Crippen LogP contribution in [0.4, 0.5) is 10.1 Å². The first-order valence-corrected chi connectivity index (χ1v) is 12.6. The largest absolute Gasteiger partial charge is 0.461 e. The van der Waals surface area contributed by atoms with E-state index in [1.54, 1.807) is 22.6 Å². The van der Waals surface area contributed by atoms with Crippen molar-refractivity contribution in [2.24, 2.45) is 5.10 Å². The fourth-order valence-electron chi connectivity index (χ4n) is 4.02. The highest BCUT2D eigenvalue weighted by Gasteiger charge is 2.19. The Morgan fingerprint density at radius 1 is 1.26 bits per heavy atom. The summed E-state index contributed by atoms with van der Waals surface area (Å²) in [6, 6.07) is 10.7. The molecule has 0 spiro atoms. The minimum atomic E-state index is -0.594. The van der Waals surface area contributed by atoms with Crippen LogP contribution in [-0.2, 0) is 21.6 Å². The zero-order valence-electron chi connectivity index (χ0n) is 21.7. The highest BCUT2D eigenvalue weighted by molar-refractivity contribution is 9.10. The fraction of sp³-hybridized carbons (Fsp3) is 0.250. The van der Waals surface area contributed by atoms with Gasteiger partial charge >= 0.3 is 5.97 Å². The SMILES string of the molecule is CC(=O)OCc1c(-c2cc(Br)c3ncnn3c2)cccc1N(C)/N=C\c1cc(C(C)(C)C)cc(F)c1C=O. The molecule has 0 amide bonds.